The number of nitrogens with zero attached hydrogens (tertiary/aromatic N) is 2. The van der Waals surface area contributed by atoms with E-state index in [0.29, 0.717) is 15.9 Å². The summed E-state index contributed by atoms with van der Waals surface area (Å²) < 4.78 is 7.10. The molecule has 0 spiro atoms. The SMILES string of the molecule is O=C(Nc1nnc(-c2ccc(Br)s2)o1)c1ccccc1Br. The Bertz CT molecular complexity index is 800. The second-order valence-corrected chi connectivity index (χ2v) is 7.27. The van der Waals surface area contributed by atoms with Gasteiger partial charge in [-0.25, -0.2) is 0 Å². The highest BCUT2D eigenvalue weighted by atomic mass is 79.9. The maximum absolute atomic E-state index is 12.1. The fourth-order valence-corrected chi connectivity index (χ4v) is 3.38. The molecule has 3 aromatic rings. The highest BCUT2D eigenvalue weighted by Gasteiger charge is 2.15. The predicted octanol–water partition coefficient (Wildman–Crippen LogP) is 4.58. The Kier molecular flexibility index (Phi) is 4.18. The smallest absolute Gasteiger partial charge is 0.322 e. The summed E-state index contributed by atoms with van der Waals surface area (Å²) in [5.41, 5.74) is 0.496. The standard InChI is InChI=1S/C13H7Br2N3O2S/c14-8-4-2-1-3-7(8)11(19)16-13-18-17-12(20-13)9-5-6-10(15)21-9/h1-6H,(H,16,18,19). The van der Waals surface area contributed by atoms with Crippen LogP contribution >= 0.6 is 43.2 Å². The van der Waals surface area contributed by atoms with Crippen molar-refractivity contribution in [1.82, 2.24) is 10.2 Å². The Morgan fingerprint density at radius 3 is 2.67 bits per heavy atom. The van der Waals surface area contributed by atoms with Gasteiger partial charge < -0.3 is 4.42 Å². The molecule has 0 radical (unpaired) electrons. The maximum Gasteiger partial charge on any atom is 0.322 e. The first kappa shape index (κ1) is 14.4. The van der Waals surface area contributed by atoms with E-state index >= 15 is 0 Å². The van der Waals surface area contributed by atoms with E-state index in [0.717, 1.165) is 8.66 Å². The second-order valence-electron chi connectivity index (χ2n) is 3.95. The van der Waals surface area contributed by atoms with Gasteiger partial charge in [0.05, 0.1) is 14.2 Å². The average Bonchev–Trinajstić information content (AvgIpc) is 3.08. The number of hydrogen-bond acceptors (Lipinski definition) is 5. The van der Waals surface area contributed by atoms with Crippen LogP contribution in [-0.4, -0.2) is 16.1 Å². The molecule has 21 heavy (non-hydrogen) atoms. The molecule has 2 aromatic heterocycles. The minimum atomic E-state index is -0.315. The van der Waals surface area contributed by atoms with Gasteiger partial charge in [-0.3, -0.25) is 10.1 Å². The number of carbonyl (C=O) groups excluding carboxylic acids is 1. The molecule has 2 heterocycles. The van der Waals surface area contributed by atoms with E-state index in [-0.39, 0.29) is 11.9 Å². The van der Waals surface area contributed by atoms with Gasteiger partial charge in [0.15, 0.2) is 0 Å². The molecule has 3 rings (SSSR count). The number of benzene rings is 1. The molecule has 1 N–H and O–H groups in total. The lowest BCUT2D eigenvalue weighted by atomic mass is 10.2. The van der Waals surface area contributed by atoms with E-state index in [4.69, 9.17) is 4.42 Å². The minimum Gasteiger partial charge on any atom is -0.402 e. The van der Waals surface area contributed by atoms with Crippen LogP contribution in [0.2, 0.25) is 0 Å². The molecule has 0 aliphatic heterocycles. The predicted molar refractivity (Wildman–Crippen MR) is 87.4 cm³/mol. The van der Waals surface area contributed by atoms with Gasteiger partial charge in [-0.15, -0.1) is 16.4 Å². The molecule has 106 valence electrons. The van der Waals surface area contributed by atoms with E-state index in [1.54, 1.807) is 18.2 Å². The van der Waals surface area contributed by atoms with Crippen molar-refractivity contribution in [3.8, 4) is 10.8 Å². The van der Waals surface area contributed by atoms with Gasteiger partial charge in [0.2, 0.25) is 0 Å². The number of anilines is 1. The zero-order chi connectivity index (χ0) is 14.8. The van der Waals surface area contributed by atoms with Gasteiger partial charge in [-0.2, -0.15) is 0 Å². The van der Waals surface area contributed by atoms with Crippen LogP contribution in [0.25, 0.3) is 10.8 Å². The third kappa shape index (κ3) is 3.22. The summed E-state index contributed by atoms with van der Waals surface area (Å²) in [4.78, 5) is 12.9. The molecular formula is C13H7Br2N3O2S. The zero-order valence-electron chi connectivity index (χ0n) is 10.3. The second kappa shape index (κ2) is 6.08. The van der Waals surface area contributed by atoms with Crippen molar-refractivity contribution in [1.29, 1.82) is 0 Å². The van der Waals surface area contributed by atoms with E-state index in [1.165, 1.54) is 11.3 Å². The molecule has 0 atom stereocenters. The highest BCUT2D eigenvalue weighted by Crippen LogP contribution is 2.31. The Labute approximate surface area is 140 Å². The van der Waals surface area contributed by atoms with Crippen LogP contribution in [0.4, 0.5) is 6.01 Å². The molecule has 5 nitrogen and oxygen atoms in total. The fraction of sp³-hybridized carbons (Fsp3) is 0. The first-order chi connectivity index (χ1) is 10.1. The normalized spacial score (nSPS) is 10.6. The van der Waals surface area contributed by atoms with E-state index < -0.39 is 0 Å². The van der Waals surface area contributed by atoms with Crippen molar-refractivity contribution < 1.29 is 9.21 Å². The van der Waals surface area contributed by atoms with Gasteiger partial charge in [0, 0.05) is 4.47 Å². The van der Waals surface area contributed by atoms with Gasteiger partial charge in [0.1, 0.15) is 0 Å². The number of carbonyl (C=O) groups is 1. The van der Waals surface area contributed by atoms with Crippen molar-refractivity contribution in [3.63, 3.8) is 0 Å². The Balaban J connectivity index is 1.79. The average molecular weight is 429 g/mol. The first-order valence-corrected chi connectivity index (χ1v) is 8.19. The molecule has 0 bridgehead atoms. The minimum absolute atomic E-state index is 0.0651. The van der Waals surface area contributed by atoms with Gasteiger partial charge >= 0.3 is 6.01 Å². The van der Waals surface area contributed by atoms with Crippen molar-refractivity contribution in [3.05, 3.63) is 50.2 Å². The summed E-state index contributed by atoms with van der Waals surface area (Å²) in [5, 5.41) is 10.3. The van der Waals surface area contributed by atoms with Crippen LogP contribution < -0.4 is 5.32 Å². The quantitative estimate of drug-likeness (QED) is 0.663. The lowest BCUT2D eigenvalue weighted by Crippen LogP contribution is -2.12. The highest BCUT2D eigenvalue weighted by molar-refractivity contribution is 9.11. The van der Waals surface area contributed by atoms with Crippen LogP contribution in [0.1, 0.15) is 10.4 Å². The molecule has 0 saturated carbocycles. The lowest BCUT2D eigenvalue weighted by molar-refractivity contribution is 0.102. The van der Waals surface area contributed by atoms with Crippen molar-refractivity contribution >= 4 is 55.1 Å². The van der Waals surface area contributed by atoms with E-state index in [1.807, 2.05) is 18.2 Å². The first-order valence-electron chi connectivity index (χ1n) is 5.78. The number of thiophene rings is 1. The lowest BCUT2D eigenvalue weighted by Gasteiger charge is -2.02. The van der Waals surface area contributed by atoms with Crippen LogP contribution in [0.15, 0.2) is 49.1 Å². The monoisotopic (exact) mass is 427 g/mol. The molecule has 1 amide bonds. The number of amides is 1. The number of nitrogens with one attached hydrogen (secondary N) is 1. The van der Waals surface area contributed by atoms with Crippen molar-refractivity contribution in [2.45, 2.75) is 0 Å². The topological polar surface area (TPSA) is 68.0 Å². The molecule has 0 aliphatic carbocycles. The van der Waals surface area contributed by atoms with Crippen LogP contribution in [-0.2, 0) is 0 Å². The summed E-state index contributed by atoms with van der Waals surface area (Å²) >= 11 is 8.16. The zero-order valence-corrected chi connectivity index (χ0v) is 14.3. The van der Waals surface area contributed by atoms with E-state index in [2.05, 4.69) is 47.4 Å². The summed E-state index contributed by atoms with van der Waals surface area (Å²) in [5.74, 6) is 0.0539. The van der Waals surface area contributed by atoms with Gasteiger partial charge in [0.25, 0.3) is 11.8 Å². The number of aromatic nitrogens is 2. The van der Waals surface area contributed by atoms with Crippen molar-refractivity contribution in [2.75, 3.05) is 5.32 Å². The summed E-state index contributed by atoms with van der Waals surface area (Å²) in [6.07, 6.45) is 0. The molecule has 0 fully saturated rings. The molecule has 8 heteroatoms. The van der Waals surface area contributed by atoms with Gasteiger partial charge in [-0.1, -0.05) is 17.2 Å². The molecule has 1 aromatic carbocycles. The molecule has 0 aliphatic rings. The summed E-state index contributed by atoms with van der Waals surface area (Å²) in [7, 11) is 0. The fourth-order valence-electron chi connectivity index (χ4n) is 1.61. The van der Waals surface area contributed by atoms with Crippen molar-refractivity contribution in [2.24, 2.45) is 0 Å². The Morgan fingerprint density at radius 1 is 1.14 bits per heavy atom. The largest absolute Gasteiger partial charge is 0.402 e. The van der Waals surface area contributed by atoms with Crippen LogP contribution in [0.5, 0.6) is 0 Å². The summed E-state index contributed by atoms with van der Waals surface area (Å²) in [6, 6.07) is 10.9. The number of hydrogen-bond donors (Lipinski definition) is 1. The Morgan fingerprint density at radius 2 is 1.95 bits per heavy atom. The number of rotatable bonds is 3. The third-order valence-electron chi connectivity index (χ3n) is 2.55. The maximum atomic E-state index is 12.1. The van der Waals surface area contributed by atoms with Crippen LogP contribution in [0.3, 0.4) is 0 Å². The summed E-state index contributed by atoms with van der Waals surface area (Å²) in [6.45, 7) is 0. The van der Waals surface area contributed by atoms with Crippen LogP contribution in [0, 0.1) is 0 Å². The van der Waals surface area contributed by atoms with Gasteiger partial charge in [-0.05, 0) is 56.1 Å². The van der Waals surface area contributed by atoms with E-state index in [9.17, 15) is 4.79 Å². The molecule has 0 saturated heterocycles. The Hall–Kier alpha value is -1.51. The molecule has 0 unspecified atom stereocenters. The third-order valence-corrected chi connectivity index (χ3v) is 4.85. The number of halogens is 2. The molecular weight excluding hydrogens is 422 g/mol.